The SMILES string of the molecule is CC[C@H](C)NC(=O)C1CCN(C(=O)Nc2ccc(NC(=O)Nc3ccccc3)cc2)CC1. The van der Waals surface area contributed by atoms with Gasteiger partial charge in [0, 0.05) is 42.1 Å². The van der Waals surface area contributed by atoms with Crippen LogP contribution in [0.25, 0.3) is 0 Å². The maximum absolute atomic E-state index is 12.6. The van der Waals surface area contributed by atoms with Gasteiger partial charge in [-0.25, -0.2) is 9.59 Å². The molecule has 2 aromatic rings. The molecular weight excluding hydrogens is 406 g/mol. The monoisotopic (exact) mass is 437 g/mol. The summed E-state index contributed by atoms with van der Waals surface area (Å²) in [6.45, 7) is 5.13. The molecule has 1 fully saturated rings. The van der Waals surface area contributed by atoms with Crippen molar-refractivity contribution in [2.75, 3.05) is 29.0 Å². The molecule has 0 unspecified atom stereocenters. The lowest BCUT2D eigenvalue weighted by Crippen LogP contribution is -2.45. The molecule has 0 aliphatic carbocycles. The number of anilines is 3. The number of para-hydroxylation sites is 1. The Hall–Kier alpha value is -3.55. The van der Waals surface area contributed by atoms with Crippen LogP contribution in [-0.2, 0) is 4.79 Å². The lowest BCUT2D eigenvalue weighted by Gasteiger charge is -2.31. The van der Waals surface area contributed by atoms with Gasteiger partial charge in [-0.3, -0.25) is 4.79 Å². The lowest BCUT2D eigenvalue weighted by atomic mass is 9.95. The Morgan fingerprint density at radius 2 is 1.41 bits per heavy atom. The molecule has 0 bridgehead atoms. The molecule has 0 radical (unpaired) electrons. The Kier molecular flexibility index (Phi) is 8.08. The lowest BCUT2D eigenvalue weighted by molar-refractivity contribution is -0.126. The highest BCUT2D eigenvalue weighted by atomic mass is 16.2. The Labute approximate surface area is 188 Å². The summed E-state index contributed by atoms with van der Waals surface area (Å²) in [6.07, 6.45) is 2.23. The highest BCUT2D eigenvalue weighted by Crippen LogP contribution is 2.20. The molecule has 0 aromatic heterocycles. The van der Waals surface area contributed by atoms with Gasteiger partial charge in [-0.15, -0.1) is 0 Å². The summed E-state index contributed by atoms with van der Waals surface area (Å²) in [5.74, 6) is 0.0410. The second-order valence-corrected chi connectivity index (χ2v) is 8.03. The van der Waals surface area contributed by atoms with E-state index in [1.54, 1.807) is 41.3 Å². The number of benzene rings is 2. The number of hydrogen-bond acceptors (Lipinski definition) is 3. The molecule has 32 heavy (non-hydrogen) atoms. The number of piperidine rings is 1. The summed E-state index contributed by atoms with van der Waals surface area (Å²) in [5.41, 5.74) is 1.96. The maximum Gasteiger partial charge on any atom is 0.323 e. The van der Waals surface area contributed by atoms with Crippen LogP contribution in [0.4, 0.5) is 26.7 Å². The van der Waals surface area contributed by atoms with E-state index in [0.29, 0.717) is 43.0 Å². The van der Waals surface area contributed by atoms with Crippen LogP contribution in [-0.4, -0.2) is 42.0 Å². The molecular formula is C24H31N5O3. The van der Waals surface area contributed by atoms with Crippen LogP contribution in [0.1, 0.15) is 33.1 Å². The Bertz CT molecular complexity index is 909. The average molecular weight is 438 g/mol. The average Bonchev–Trinajstić information content (AvgIpc) is 2.81. The normalized spacial score (nSPS) is 14.9. The number of nitrogens with one attached hydrogen (secondary N) is 4. The van der Waals surface area contributed by atoms with E-state index in [1.165, 1.54) is 0 Å². The van der Waals surface area contributed by atoms with Crippen LogP contribution >= 0.6 is 0 Å². The molecule has 5 amide bonds. The van der Waals surface area contributed by atoms with E-state index in [4.69, 9.17) is 0 Å². The zero-order valence-electron chi connectivity index (χ0n) is 18.6. The molecule has 1 saturated heterocycles. The first-order valence-electron chi connectivity index (χ1n) is 11.0. The van der Waals surface area contributed by atoms with E-state index >= 15 is 0 Å². The van der Waals surface area contributed by atoms with Crippen molar-refractivity contribution in [1.82, 2.24) is 10.2 Å². The van der Waals surface area contributed by atoms with Crippen LogP contribution in [0.2, 0.25) is 0 Å². The Balaban J connectivity index is 1.44. The fourth-order valence-electron chi connectivity index (χ4n) is 3.46. The maximum atomic E-state index is 12.6. The quantitative estimate of drug-likeness (QED) is 0.535. The topological polar surface area (TPSA) is 103 Å². The number of carbonyl (C=O) groups excluding carboxylic acids is 3. The molecule has 1 atom stereocenters. The van der Waals surface area contributed by atoms with Gasteiger partial charge < -0.3 is 26.2 Å². The molecule has 0 spiro atoms. The Morgan fingerprint density at radius 3 is 1.97 bits per heavy atom. The molecule has 1 heterocycles. The fraction of sp³-hybridized carbons (Fsp3) is 0.375. The number of carbonyl (C=O) groups is 3. The van der Waals surface area contributed by atoms with Crippen LogP contribution < -0.4 is 21.3 Å². The zero-order valence-corrected chi connectivity index (χ0v) is 18.6. The summed E-state index contributed by atoms with van der Waals surface area (Å²) in [7, 11) is 0. The van der Waals surface area contributed by atoms with Crippen LogP contribution in [0.15, 0.2) is 54.6 Å². The first kappa shape index (κ1) is 23.1. The number of nitrogens with zero attached hydrogens (tertiary/aromatic N) is 1. The molecule has 4 N–H and O–H groups in total. The van der Waals surface area contributed by atoms with Gasteiger partial charge in [0.25, 0.3) is 0 Å². The van der Waals surface area contributed by atoms with E-state index < -0.39 is 0 Å². The van der Waals surface area contributed by atoms with Crippen molar-refractivity contribution in [3.63, 3.8) is 0 Å². The van der Waals surface area contributed by atoms with E-state index in [2.05, 4.69) is 21.3 Å². The molecule has 1 aliphatic heterocycles. The van der Waals surface area contributed by atoms with E-state index in [1.807, 2.05) is 32.0 Å². The first-order valence-corrected chi connectivity index (χ1v) is 11.0. The van der Waals surface area contributed by atoms with E-state index in [9.17, 15) is 14.4 Å². The predicted molar refractivity (Wildman–Crippen MR) is 127 cm³/mol. The third kappa shape index (κ3) is 6.73. The van der Waals surface area contributed by atoms with Crippen molar-refractivity contribution in [2.24, 2.45) is 5.92 Å². The smallest absolute Gasteiger partial charge is 0.323 e. The summed E-state index contributed by atoms with van der Waals surface area (Å²) >= 11 is 0. The minimum atomic E-state index is -0.340. The van der Waals surface area contributed by atoms with Gasteiger partial charge in [-0.1, -0.05) is 25.1 Å². The van der Waals surface area contributed by atoms with E-state index in [-0.39, 0.29) is 29.9 Å². The van der Waals surface area contributed by atoms with Crippen molar-refractivity contribution < 1.29 is 14.4 Å². The molecule has 3 rings (SSSR count). The molecule has 8 heteroatoms. The fourth-order valence-corrected chi connectivity index (χ4v) is 3.46. The summed E-state index contributed by atoms with van der Waals surface area (Å²) in [6, 6.07) is 15.8. The Morgan fingerprint density at radius 1 is 0.875 bits per heavy atom. The summed E-state index contributed by atoms with van der Waals surface area (Å²) < 4.78 is 0. The van der Waals surface area contributed by atoms with Gasteiger partial charge in [0.1, 0.15) is 0 Å². The van der Waals surface area contributed by atoms with Gasteiger partial charge in [-0.05, 0) is 62.6 Å². The van der Waals surface area contributed by atoms with Crippen molar-refractivity contribution in [2.45, 2.75) is 39.2 Å². The van der Waals surface area contributed by atoms with Crippen LogP contribution in [0.3, 0.4) is 0 Å². The molecule has 8 nitrogen and oxygen atoms in total. The zero-order chi connectivity index (χ0) is 22.9. The standard InChI is InChI=1S/C24H31N5O3/c1-3-17(2)25-22(30)18-13-15-29(16-14-18)24(32)28-21-11-9-20(10-12-21)27-23(31)26-19-7-5-4-6-8-19/h4-12,17-18H,3,13-16H2,1-2H3,(H,25,30)(H,28,32)(H2,26,27,31)/t17-/m0/s1. The number of likely N-dealkylation sites (tertiary alicyclic amines) is 1. The highest BCUT2D eigenvalue weighted by Gasteiger charge is 2.27. The van der Waals surface area contributed by atoms with Crippen LogP contribution in [0.5, 0.6) is 0 Å². The van der Waals surface area contributed by atoms with Gasteiger partial charge >= 0.3 is 12.1 Å². The van der Waals surface area contributed by atoms with Crippen molar-refractivity contribution in [3.8, 4) is 0 Å². The van der Waals surface area contributed by atoms with Crippen molar-refractivity contribution in [3.05, 3.63) is 54.6 Å². The van der Waals surface area contributed by atoms with Gasteiger partial charge in [-0.2, -0.15) is 0 Å². The minimum Gasteiger partial charge on any atom is -0.353 e. The van der Waals surface area contributed by atoms with Crippen molar-refractivity contribution in [1.29, 1.82) is 0 Å². The highest BCUT2D eigenvalue weighted by molar-refractivity contribution is 6.00. The predicted octanol–water partition coefficient (Wildman–Crippen LogP) is 4.49. The van der Waals surface area contributed by atoms with Gasteiger partial charge in [0.2, 0.25) is 5.91 Å². The third-order valence-electron chi connectivity index (χ3n) is 5.58. The number of rotatable bonds is 6. The third-order valence-corrected chi connectivity index (χ3v) is 5.58. The van der Waals surface area contributed by atoms with Gasteiger partial charge in [0.05, 0.1) is 0 Å². The van der Waals surface area contributed by atoms with Crippen LogP contribution in [0, 0.1) is 5.92 Å². The second-order valence-electron chi connectivity index (χ2n) is 8.03. The first-order chi connectivity index (χ1) is 15.4. The summed E-state index contributed by atoms with van der Waals surface area (Å²) in [4.78, 5) is 38.7. The van der Waals surface area contributed by atoms with Gasteiger partial charge in [0.15, 0.2) is 0 Å². The van der Waals surface area contributed by atoms with Crippen molar-refractivity contribution >= 4 is 35.0 Å². The number of amides is 5. The summed E-state index contributed by atoms with van der Waals surface area (Å²) in [5, 5.41) is 11.4. The second kappa shape index (κ2) is 11.2. The largest absolute Gasteiger partial charge is 0.353 e. The molecule has 170 valence electrons. The van der Waals surface area contributed by atoms with E-state index in [0.717, 1.165) is 6.42 Å². The molecule has 1 aliphatic rings. The molecule has 0 saturated carbocycles. The minimum absolute atomic E-state index is 0.0413. The number of urea groups is 2. The number of hydrogen-bond donors (Lipinski definition) is 4. The molecule has 2 aromatic carbocycles.